The van der Waals surface area contributed by atoms with Crippen molar-refractivity contribution in [3.8, 4) is 0 Å². The van der Waals surface area contributed by atoms with Crippen LogP contribution in [-0.2, 0) is 0 Å². The Labute approximate surface area is 116 Å². The quantitative estimate of drug-likeness (QED) is 0.634. The van der Waals surface area contributed by atoms with Gasteiger partial charge in [-0.2, -0.15) is 13.2 Å². The highest BCUT2D eigenvalue weighted by Gasteiger charge is 2.38. The predicted octanol–water partition coefficient (Wildman–Crippen LogP) is 1.38. The topological polar surface area (TPSA) is 97.4 Å². The van der Waals surface area contributed by atoms with Crippen LogP contribution in [0.15, 0.2) is 12.3 Å². The second-order valence-electron chi connectivity index (χ2n) is 4.75. The van der Waals surface area contributed by atoms with E-state index >= 15 is 0 Å². The minimum atomic E-state index is -4.84. The molecule has 1 aromatic rings. The summed E-state index contributed by atoms with van der Waals surface area (Å²) in [5.74, 6) is -0.890. The Balaban J connectivity index is 2.10. The maximum atomic E-state index is 12.1. The molecule has 2 rings (SSSR count). The SMILES string of the molecule is O=C(NCC(O)C(F)(F)F)c1cc([N+](=O)[O-])cn1C1CC1. The third-order valence-electron chi connectivity index (χ3n) is 3.05. The fourth-order valence-corrected chi connectivity index (χ4v) is 1.80. The van der Waals surface area contributed by atoms with E-state index in [2.05, 4.69) is 0 Å². The third kappa shape index (κ3) is 3.51. The average molecular weight is 307 g/mol. The molecular formula is C11H12F3N3O4. The van der Waals surface area contributed by atoms with Crippen LogP contribution in [-0.4, -0.2) is 39.3 Å². The molecule has 1 unspecified atom stereocenters. The maximum absolute atomic E-state index is 12.1. The van der Waals surface area contributed by atoms with E-state index < -0.39 is 29.7 Å². The van der Waals surface area contributed by atoms with Gasteiger partial charge in [0.1, 0.15) is 5.69 Å². The summed E-state index contributed by atoms with van der Waals surface area (Å²) in [5.41, 5.74) is -0.387. The third-order valence-corrected chi connectivity index (χ3v) is 3.05. The largest absolute Gasteiger partial charge is 0.416 e. The summed E-state index contributed by atoms with van der Waals surface area (Å²) in [6, 6.07) is 0.958. The molecule has 1 fully saturated rings. The van der Waals surface area contributed by atoms with Crippen molar-refractivity contribution in [2.45, 2.75) is 31.2 Å². The van der Waals surface area contributed by atoms with Crippen LogP contribution < -0.4 is 5.32 Å². The number of aliphatic hydroxyl groups excluding tert-OH is 1. The van der Waals surface area contributed by atoms with Gasteiger partial charge < -0.3 is 15.0 Å². The average Bonchev–Trinajstić information content (AvgIpc) is 3.12. The number of aliphatic hydroxyl groups is 1. The number of carbonyl (C=O) groups excluding carboxylic acids is 1. The number of nitrogens with one attached hydrogen (secondary N) is 1. The van der Waals surface area contributed by atoms with Gasteiger partial charge >= 0.3 is 6.18 Å². The van der Waals surface area contributed by atoms with Gasteiger partial charge in [0, 0.05) is 12.1 Å². The summed E-state index contributed by atoms with van der Waals surface area (Å²) in [5, 5.41) is 21.4. The molecule has 0 spiro atoms. The molecule has 0 aliphatic heterocycles. The second kappa shape index (κ2) is 5.35. The first-order valence-corrected chi connectivity index (χ1v) is 6.09. The normalized spacial score (nSPS) is 16.6. The van der Waals surface area contributed by atoms with Crippen LogP contribution in [0.5, 0.6) is 0 Å². The lowest BCUT2D eigenvalue weighted by atomic mass is 10.3. The van der Waals surface area contributed by atoms with Crippen molar-refractivity contribution in [3.05, 3.63) is 28.1 Å². The van der Waals surface area contributed by atoms with Gasteiger partial charge in [0.25, 0.3) is 11.6 Å². The predicted molar refractivity (Wildman–Crippen MR) is 63.8 cm³/mol. The molecule has 116 valence electrons. The second-order valence-corrected chi connectivity index (χ2v) is 4.75. The van der Waals surface area contributed by atoms with Gasteiger partial charge in [-0.05, 0) is 12.8 Å². The fraction of sp³-hybridized carbons (Fsp3) is 0.545. The summed E-state index contributed by atoms with van der Waals surface area (Å²) in [6.07, 6.45) is -4.83. The van der Waals surface area contributed by atoms with E-state index in [1.54, 1.807) is 0 Å². The standard InChI is InChI=1S/C11H12F3N3O4/c12-11(13,14)9(18)4-15-10(19)8-3-7(17(20)21)5-16(8)6-1-2-6/h3,5-6,9,18H,1-2,4H2,(H,15,19). The molecule has 1 saturated carbocycles. The van der Waals surface area contributed by atoms with Gasteiger partial charge in [0.05, 0.1) is 17.7 Å². The lowest BCUT2D eigenvalue weighted by Gasteiger charge is -2.15. The Bertz CT molecular complexity index is 566. The van der Waals surface area contributed by atoms with Gasteiger partial charge in [-0.3, -0.25) is 14.9 Å². The molecule has 0 bridgehead atoms. The summed E-state index contributed by atoms with van der Waals surface area (Å²) in [7, 11) is 0. The molecule has 21 heavy (non-hydrogen) atoms. The first-order valence-electron chi connectivity index (χ1n) is 6.09. The van der Waals surface area contributed by atoms with Crippen LogP contribution in [0.1, 0.15) is 29.4 Å². The minimum Gasteiger partial charge on any atom is -0.382 e. The molecule has 2 N–H and O–H groups in total. The zero-order chi connectivity index (χ0) is 15.8. The summed E-state index contributed by atoms with van der Waals surface area (Å²) in [4.78, 5) is 21.9. The molecule has 1 heterocycles. The van der Waals surface area contributed by atoms with Gasteiger partial charge in [-0.1, -0.05) is 0 Å². The van der Waals surface area contributed by atoms with Gasteiger partial charge in [-0.25, -0.2) is 0 Å². The van der Waals surface area contributed by atoms with E-state index in [1.807, 2.05) is 5.32 Å². The van der Waals surface area contributed by atoms with Gasteiger partial charge in [0.15, 0.2) is 6.10 Å². The number of hydrogen-bond acceptors (Lipinski definition) is 4. The molecule has 0 aromatic carbocycles. The molecular weight excluding hydrogens is 295 g/mol. The molecule has 1 aliphatic carbocycles. The number of alkyl halides is 3. The van der Waals surface area contributed by atoms with E-state index in [1.165, 1.54) is 10.8 Å². The van der Waals surface area contributed by atoms with Crippen LogP contribution >= 0.6 is 0 Å². The molecule has 10 heteroatoms. The van der Waals surface area contributed by atoms with E-state index in [0.717, 1.165) is 18.9 Å². The Hall–Kier alpha value is -2.10. The highest BCUT2D eigenvalue weighted by Crippen LogP contribution is 2.37. The number of amides is 1. The van der Waals surface area contributed by atoms with Crippen molar-refractivity contribution < 1.29 is 28.0 Å². The maximum Gasteiger partial charge on any atom is 0.416 e. The monoisotopic (exact) mass is 307 g/mol. The number of hydrogen-bond donors (Lipinski definition) is 2. The van der Waals surface area contributed by atoms with E-state index in [-0.39, 0.29) is 17.4 Å². The number of aromatic nitrogens is 1. The molecule has 1 aromatic heterocycles. The van der Waals surface area contributed by atoms with Crippen LogP contribution in [0, 0.1) is 10.1 Å². The van der Waals surface area contributed by atoms with E-state index in [4.69, 9.17) is 5.11 Å². The first-order chi connectivity index (χ1) is 9.70. The first kappa shape index (κ1) is 15.3. The van der Waals surface area contributed by atoms with Crippen molar-refractivity contribution in [2.24, 2.45) is 0 Å². The molecule has 0 radical (unpaired) electrons. The molecule has 0 saturated heterocycles. The van der Waals surface area contributed by atoms with Crippen molar-refractivity contribution in [1.82, 2.24) is 9.88 Å². The fourth-order valence-electron chi connectivity index (χ4n) is 1.80. The number of carbonyl (C=O) groups is 1. The lowest BCUT2D eigenvalue weighted by molar-refractivity contribution is -0.384. The van der Waals surface area contributed by atoms with E-state index in [0.29, 0.717) is 0 Å². The summed E-state index contributed by atoms with van der Waals surface area (Å²) < 4.78 is 37.8. The van der Waals surface area contributed by atoms with Crippen molar-refractivity contribution in [2.75, 3.05) is 6.54 Å². The smallest absolute Gasteiger partial charge is 0.382 e. The van der Waals surface area contributed by atoms with Crippen molar-refractivity contribution in [1.29, 1.82) is 0 Å². The molecule has 1 atom stereocenters. The number of halogens is 3. The number of rotatable bonds is 5. The molecule has 7 nitrogen and oxygen atoms in total. The van der Waals surface area contributed by atoms with Crippen molar-refractivity contribution >= 4 is 11.6 Å². The molecule has 1 amide bonds. The Morgan fingerprint density at radius 3 is 2.67 bits per heavy atom. The van der Waals surface area contributed by atoms with E-state index in [9.17, 15) is 28.1 Å². The van der Waals surface area contributed by atoms with Crippen LogP contribution in [0.2, 0.25) is 0 Å². The highest BCUT2D eigenvalue weighted by molar-refractivity contribution is 5.93. The highest BCUT2D eigenvalue weighted by atomic mass is 19.4. The minimum absolute atomic E-state index is 0.0491. The van der Waals surface area contributed by atoms with Gasteiger partial charge in [0.2, 0.25) is 0 Å². The van der Waals surface area contributed by atoms with Crippen LogP contribution in [0.4, 0.5) is 18.9 Å². The van der Waals surface area contributed by atoms with Crippen LogP contribution in [0.3, 0.4) is 0 Å². The van der Waals surface area contributed by atoms with Gasteiger partial charge in [-0.15, -0.1) is 0 Å². The lowest BCUT2D eigenvalue weighted by Crippen LogP contribution is -2.41. The summed E-state index contributed by atoms with van der Waals surface area (Å²) in [6.45, 7) is -1.01. The summed E-state index contributed by atoms with van der Waals surface area (Å²) >= 11 is 0. The van der Waals surface area contributed by atoms with Crippen molar-refractivity contribution in [3.63, 3.8) is 0 Å². The zero-order valence-corrected chi connectivity index (χ0v) is 10.6. The molecule has 1 aliphatic rings. The Morgan fingerprint density at radius 1 is 1.57 bits per heavy atom. The zero-order valence-electron chi connectivity index (χ0n) is 10.6. The number of nitrogens with zero attached hydrogens (tertiary/aromatic N) is 2. The Morgan fingerprint density at radius 2 is 2.19 bits per heavy atom. The Kier molecular flexibility index (Phi) is 3.90. The number of nitro groups is 1. The van der Waals surface area contributed by atoms with Crippen LogP contribution in [0.25, 0.3) is 0 Å².